The molecule has 0 bridgehead atoms. The van der Waals surface area contributed by atoms with Crippen LogP contribution in [0.2, 0.25) is 10.0 Å². The number of carbonyl (C=O) groups excluding carboxylic acids is 1. The summed E-state index contributed by atoms with van der Waals surface area (Å²) in [5, 5.41) is 0.747. The van der Waals surface area contributed by atoms with Crippen LogP contribution in [0.1, 0.15) is 28.8 Å². The molecular weight excluding hydrogens is 437 g/mol. The molecule has 0 spiro atoms. The lowest BCUT2D eigenvalue weighted by atomic mass is 10.1. The predicted molar refractivity (Wildman–Crippen MR) is 112 cm³/mol. The van der Waals surface area contributed by atoms with Crippen molar-refractivity contribution >= 4 is 39.2 Å². The highest BCUT2D eigenvalue weighted by molar-refractivity contribution is 7.86. The Bertz CT molecular complexity index is 990. The van der Waals surface area contributed by atoms with Gasteiger partial charge in [-0.05, 0) is 43.2 Å². The molecule has 6 nitrogen and oxygen atoms in total. The smallest absolute Gasteiger partial charge is 0.306 e. The fourth-order valence-electron chi connectivity index (χ4n) is 3.18. The third-order valence-electron chi connectivity index (χ3n) is 4.46. The molecule has 0 aromatic heterocycles. The summed E-state index contributed by atoms with van der Waals surface area (Å²) in [5.74, 6) is -0.155. The molecule has 0 saturated carbocycles. The molecule has 1 saturated heterocycles. The third kappa shape index (κ3) is 6.09. The maximum Gasteiger partial charge on any atom is 0.306 e. The van der Waals surface area contributed by atoms with Crippen LogP contribution in [0.5, 0.6) is 5.75 Å². The average molecular weight is 458 g/mol. The van der Waals surface area contributed by atoms with E-state index < -0.39 is 10.1 Å². The van der Waals surface area contributed by atoms with Gasteiger partial charge in [-0.2, -0.15) is 8.42 Å². The minimum absolute atomic E-state index is 0.0926. The second-order valence-electron chi connectivity index (χ2n) is 6.84. The number of halogens is 2. The van der Waals surface area contributed by atoms with Gasteiger partial charge in [-0.25, -0.2) is 0 Å². The van der Waals surface area contributed by atoms with Crippen LogP contribution >= 0.6 is 23.2 Å². The van der Waals surface area contributed by atoms with E-state index in [4.69, 9.17) is 32.1 Å². The van der Waals surface area contributed by atoms with Crippen LogP contribution < -0.4 is 4.18 Å². The first-order chi connectivity index (χ1) is 13.7. The Labute approximate surface area is 180 Å². The van der Waals surface area contributed by atoms with Gasteiger partial charge in [0.15, 0.2) is 0 Å². The van der Waals surface area contributed by atoms with Gasteiger partial charge in [0.2, 0.25) is 0 Å². The van der Waals surface area contributed by atoms with Crippen LogP contribution in [-0.2, 0) is 21.4 Å². The molecule has 2 aromatic carbocycles. The molecule has 3 rings (SSSR count). The number of carbonyl (C=O) groups is 1. The fourth-order valence-corrected chi connectivity index (χ4v) is 4.08. The Balaban J connectivity index is 1.94. The number of nitrogens with zero attached hydrogens (tertiary/aromatic N) is 1. The summed E-state index contributed by atoms with van der Waals surface area (Å²) in [6, 6.07) is 11.4. The molecule has 9 heteroatoms. The van der Waals surface area contributed by atoms with Crippen molar-refractivity contribution in [1.82, 2.24) is 4.90 Å². The SMILES string of the molecule is CS(=O)(=O)Oc1ccc(Cl)cc1CN(C[C@H]1CCCO1)C(=O)c1ccccc1Cl. The van der Waals surface area contributed by atoms with Crippen LogP contribution in [-0.4, -0.2) is 44.7 Å². The topological polar surface area (TPSA) is 72.9 Å². The lowest BCUT2D eigenvalue weighted by molar-refractivity contribution is 0.0506. The van der Waals surface area contributed by atoms with Crippen LogP contribution in [0.4, 0.5) is 0 Å². The van der Waals surface area contributed by atoms with E-state index in [0.717, 1.165) is 19.1 Å². The Kier molecular flexibility index (Phi) is 7.05. The number of amides is 1. The lowest BCUT2D eigenvalue weighted by Gasteiger charge is -2.27. The summed E-state index contributed by atoms with van der Waals surface area (Å²) in [6.45, 7) is 1.09. The quantitative estimate of drug-likeness (QED) is 0.583. The first kappa shape index (κ1) is 21.9. The molecule has 1 fully saturated rings. The number of rotatable bonds is 7. The summed E-state index contributed by atoms with van der Waals surface area (Å²) in [7, 11) is -3.74. The van der Waals surface area contributed by atoms with E-state index >= 15 is 0 Å². The minimum Gasteiger partial charge on any atom is -0.382 e. The lowest BCUT2D eigenvalue weighted by Crippen LogP contribution is -2.37. The molecule has 156 valence electrons. The van der Waals surface area contributed by atoms with Gasteiger partial charge in [-0.1, -0.05) is 35.3 Å². The summed E-state index contributed by atoms with van der Waals surface area (Å²) >= 11 is 12.3. The molecule has 1 aliphatic heterocycles. The molecule has 0 unspecified atom stereocenters. The van der Waals surface area contributed by atoms with E-state index in [2.05, 4.69) is 0 Å². The summed E-state index contributed by atoms with van der Waals surface area (Å²) in [6.07, 6.45) is 2.64. The zero-order chi connectivity index (χ0) is 21.0. The maximum absolute atomic E-state index is 13.2. The summed E-state index contributed by atoms with van der Waals surface area (Å²) in [4.78, 5) is 14.8. The maximum atomic E-state index is 13.2. The van der Waals surface area contributed by atoms with Crippen molar-refractivity contribution in [3.05, 3.63) is 63.6 Å². The second-order valence-corrected chi connectivity index (χ2v) is 9.26. The van der Waals surface area contributed by atoms with Gasteiger partial charge in [0, 0.05) is 30.3 Å². The highest BCUT2D eigenvalue weighted by atomic mass is 35.5. The van der Waals surface area contributed by atoms with Crippen LogP contribution in [0.15, 0.2) is 42.5 Å². The van der Waals surface area contributed by atoms with E-state index in [9.17, 15) is 13.2 Å². The highest BCUT2D eigenvalue weighted by Crippen LogP contribution is 2.28. The highest BCUT2D eigenvalue weighted by Gasteiger charge is 2.26. The Hall–Kier alpha value is -1.80. The summed E-state index contributed by atoms with van der Waals surface area (Å²) in [5.41, 5.74) is 0.834. The van der Waals surface area contributed by atoms with Crippen LogP contribution in [0.3, 0.4) is 0 Å². The first-order valence-corrected chi connectivity index (χ1v) is 11.6. The first-order valence-electron chi connectivity index (χ1n) is 9.06. The largest absolute Gasteiger partial charge is 0.382 e. The van der Waals surface area contributed by atoms with Gasteiger partial charge >= 0.3 is 10.1 Å². The molecule has 0 N–H and O–H groups in total. The number of benzene rings is 2. The van der Waals surface area contributed by atoms with E-state index in [0.29, 0.717) is 34.3 Å². The van der Waals surface area contributed by atoms with Crippen molar-refractivity contribution < 1.29 is 22.1 Å². The minimum atomic E-state index is -3.74. The van der Waals surface area contributed by atoms with Gasteiger partial charge in [0.25, 0.3) is 5.91 Å². The zero-order valence-corrected chi connectivity index (χ0v) is 18.1. The average Bonchev–Trinajstić information content (AvgIpc) is 3.15. The fraction of sp³-hybridized carbons (Fsp3) is 0.350. The molecule has 29 heavy (non-hydrogen) atoms. The van der Waals surface area contributed by atoms with Crippen molar-refractivity contribution in [2.75, 3.05) is 19.4 Å². The van der Waals surface area contributed by atoms with Crippen molar-refractivity contribution in [2.24, 2.45) is 0 Å². The number of hydrogen-bond donors (Lipinski definition) is 0. The van der Waals surface area contributed by atoms with Gasteiger partial charge < -0.3 is 13.8 Å². The van der Waals surface area contributed by atoms with Gasteiger partial charge in [0.1, 0.15) is 5.75 Å². The molecule has 1 amide bonds. The number of hydrogen-bond acceptors (Lipinski definition) is 5. The Morgan fingerprint density at radius 3 is 2.66 bits per heavy atom. The standard InChI is InChI=1S/C20H21Cl2NO5S/c1-29(25,26)28-19-9-8-15(21)11-14(19)12-23(13-16-5-4-10-27-16)20(24)17-6-2-3-7-18(17)22/h2-3,6-9,11,16H,4-5,10,12-13H2,1H3/t16-/m1/s1. The van der Waals surface area contributed by atoms with Crippen molar-refractivity contribution in [1.29, 1.82) is 0 Å². The Morgan fingerprint density at radius 1 is 1.24 bits per heavy atom. The summed E-state index contributed by atoms with van der Waals surface area (Å²) < 4.78 is 34.0. The van der Waals surface area contributed by atoms with Gasteiger partial charge in [0.05, 0.1) is 22.9 Å². The molecule has 2 aromatic rings. The number of ether oxygens (including phenoxy) is 1. The van der Waals surface area contributed by atoms with E-state index in [-0.39, 0.29) is 24.3 Å². The molecule has 0 radical (unpaired) electrons. The third-order valence-corrected chi connectivity index (χ3v) is 5.51. The molecule has 1 atom stereocenters. The van der Waals surface area contributed by atoms with Crippen LogP contribution in [0.25, 0.3) is 0 Å². The molecule has 0 aliphatic carbocycles. The predicted octanol–water partition coefficient (Wildman–Crippen LogP) is 4.15. The van der Waals surface area contributed by atoms with Crippen molar-refractivity contribution in [3.8, 4) is 5.75 Å². The normalized spacial score (nSPS) is 16.6. The molecular formula is C20H21Cl2NO5S. The van der Waals surface area contributed by atoms with Crippen molar-refractivity contribution in [2.45, 2.75) is 25.5 Å². The zero-order valence-electron chi connectivity index (χ0n) is 15.8. The monoisotopic (exact) mass is 457 g/mol. The van der Waals surface area contributed by atoms with E-state index in [1.54, 1.807) is 35.2 Å². The van der Waals surface area contributed by atoms with E-state index in [1.165, 1.54) is 12.1 Å². The van der Waals surface area contributed by atoms with Gasteiger partial charge in [-0.15, -0.1) is 0 Å². The Morgan fingerprint density at radius 2 is 2.00 bits per heavy atom. The van der Waals surface area contributed by atoms with Crippen LogP contribution in [0, 0.1) is 0 Å². The van der Waals surface area contributed by atoms with Gasteiger partial charge in [-0.3, -0.25) is 4.79 Å². The molecule has 1 aliphatic rings. The van der Waals surface area contributed by atoms with Crippen molar-refractivity contribution in [3.63, 3.8) is 0 Å². The molecule has 1 heterocycles. The second kappa shape index (κ2) is 9.34. The van der Waals surface area contributed by atoms with E-state index in [1.807, 2.05) is 0 Å².